The quantitative estimate of drug-likeness (QED) is 0.783. The number of aromatic nitrogens is 2. The average Bonchev–Trinajstić information content (AvgIpc) is 2.68. The van der Waals surface area contributed by atoms with Crippen molar-refractivity contribution in [1.29, 1.82) is 0 Å². The Labute approximate surface area is 93.5 Å². The van der Waals surface area contributed by atoms with Crippen LogP contribution in [0.4, 0.5) is 4.39 Å². The number of allylic oxidation sites excluding steroid dienone is 3. The van der Waals surface area contributed by atoms with Crippen molar-refractivity contribution in [2.24, 2.45) is 0 Å². The fourth-order valence-corrected chi connectivity index (χ4v) is 1.69. The van der Waals surface area contributed by atoms with Gasteiger partial charge in [-0.15, -0.1) is 0 Å². The normalized spacial score (nSPS) is 12.0. The summed E-state index contributed by atoms with van der Waals surface area (Å²) in [7, 11) is 0. The van der Waals surface area contributed by atoms with Gasteiger partial charge in [-0.3, -0.25) is 0 Å². The van der Waals surface area contributed by atoms with Gasteiger partial charge < -0.3 is 4.98 Å². The molecule has 1 N–H and O–H groups in total. The minimum Gasteiger partial charge on any atom is -0.346 e. The minimum atomic E-state index is -0.311. The summed E-state index contributed by atoms with van der Waals surface area (Å²) in [6.07, 6.45) is 7.63. The van der Waals surface area contributed by atoms with Crippen LogP contribution < -0.4 is 0 Å². The zero-order valence-corrected chi connectivity index (χ0v) is 9.13. The molecule has 0 bridgehead atoms. The molecule has 0 aliphatic heterocycles. The van der Waals surface area contributed by atoms with Gasteiger partial charge in [-0.2, -0.15) is 0 Å². The van der Waals surface area contributed by atoms with Crippen LogP contribution in [0.15, 0.2) is 42.8 Å². The van der Waals surface area contributed by atoms with Gasteiger partial charge in [0.05, 0.1) is 6.20 Å². The van der Waals surface area contributed by atoms with Crippen molar-refractivity contribution >= 4 is 11.0 Å². The number of aromatic amines is 1. The Hall–Kier alpha value is -1.90. The third-order valence-corrected chi connectivity index (χ3v) is 2.61. The lowest BCUT2D eigenvalue weighted by molar-refractivity contribution is 0.624. The number of rotatable bonds is 3. The zero-order valence-electron chi connectivity index (χ0n) is 9.13. The molecule has 2 aromatic heterocycles. The summed E-state index contributed by atoms with van der Waals surface area (Å²) in [5, 5.41) is 0.834. The van der Waals surface area contributed by atoms with Crippen LogP contribution in [0.2, 0.25) is 0 Å². The molecular weight excluding hydrogens is 203 g/mol. The highest BCUT2D eigenvalue weighted by molar-refractivity contribution is 5.80. The summed E-state index contributed by atoms with van der Waals surface area (Å²) in [5.41, 5.74) is 2.87. The Balaban J connectivity index is 2.45. The van der Waals surface area contributed by atoms with Crippen LogP contribution in [0.1, 0.15) is 12.5 Å². The van der Waals surface area contributed by atoms with Crippen molar-refractivity contribution in [3.05, 3.63) is 54.1 Å². The Bertz CT molecular complexity index is 552. The second-order valence-electron chi connectivity index (χ2n) is 3.61. The van der Waals surface area contributed by atoms with Crippen LogP contribution in [-0.2, 0) is 6.42 Å². The van der Waals surface area contributed by atoms with Crippen LogP contribution in [0.5, 0.6) is 0 Å². The lowest BCUT2D eigenvalue weighted by atomic mass is 10.1. The number of nitrogens with zero attached hydrogens (tertiary/aromatic N) is 1. The molecule has 2 heterocycles. The van der Waals surface area contributed by atoms with Gasteiger partial charge in [0, 0.05) is 11.6 Å². The van der Waals surface area contributed by atoms with Gasteiger partial charge in [-0.25, -0.2) is 9.37 Å². The van der Waals surface area contributed by atoms with Crippen molar-refractivity contribution in [1.82, 2.24) is 9.97 Å². The second kappa shape index (κ2) is 4.31. The standard InChI is InChI=1S/C13H13FN2/c1-3-9(4-2)5-10-7-15-13-12(10)6-11(14)8-16-13/h3-4,6-8H,1,5H2,2H3,(H,15,16)/b9-4+. The fourth-order valence-electron chi connectivity index (χ4n) is 1.69. The van der Waals surface area contributed by atoms with Gasteiger partial charge in [0.2, 0.25) is 0 Å². The van der Waals surface area contributed by atoms with E-state index in [1.807, 2.05) is 25.3 Å². The summed E-state index contributed by atoms with van der Waals surface area (Å²) in [6, 6.07) is 1.50. The van der Waals surface area contributed by atoms with E-state index >= 15 is 0 Å². The first-order valence-electron chi connectivity index (χ1n) is 5.13. The highest BCUT2D eigenvalue weighted by atomic mass is 19.1. The number of hydrogen-bond acceptors (Lipinski definition) is 1. The predicted octanol–water partition coefficient (Wildman–Crippen LogP) is 3.38. The van der Waals surface area contributed by atoms with Gasteiger partial charge in [0.25, 0.3) is 0 Å². The number of H-pyrrole nitrogens is 1. The van der Waals surface area contributed by atoms with E-state index in [0.717, 1.165) is 28.6 Å². The molecule has 0 amide bonds. The van der Waals surface area contributed by atoms with E-state index in [1.165, 1.54) is 12.3 Å². The molecule has 0 aromatic carbocycles. The van der Waals surface area contributed by atoms with Crippen LogP contribution in [0, 0.1) is 5.82 Å². The number of pyridine rings is 1. The van der Waals surface area contributed by atoms with Crippen LogP contribution >= 0.6 is 0 Å². The largest absolute Gasteiger partial charge is 0.346 e. The van der Waals surface area contributed by atoms with Gasteiger partial charge >= 0.3 is 0 Å². The van der Waals surface area contributed by atoms with Crippen molar-refractivity contribution in [3.63, 3.8) is 0 Å². The molecule has 0 unspecified atom stereocenters. The lowest BCUT2D eigenvalue weighted by Gasteiger charge is -1.99. The summed E-state index contributed by atoms with van der Waals surface area (Å²) < 4.78 is 13.1. The predicted molar refractivity (Wildman–Crippen MR) is 63.7 cm³/mol. The van der Waals surface area contributed by atoms with Gasteiger partial charge in [0.1, 0.15) is 11.5 Å². The van der Waals surface area contributed by atoms with E-state index in [-0.39, 0.29) is 5.82 Å². The molecule has 82 valence electrons. The smallest absolute Gasteiger partial charge is 0.142 e. The van der Waals surface area contributed by atoms with Gasteiger partial charge in [-0.1, -0.05) is 18.7 Å². The third kappa shape index (κ3) is 1.89. The fraction of sp³-hybridized carbons (Fsp3) is 0.154. The highest BCUT2D eigenvalue weighted by Crippen LogP contribution is 2.20. The Kier molecular flexibility index (Phi) is 2.86. The Morgan fingerprint density at radius 1 is 1.62 bits per heavy atom. The van der Waals surface area contributed by atoms with E-state index < -0.39 is 0 Å². The van der Waals surface area contributed by atoms with Crippen molar-refractivity contribution in [3.8, 4) is 0 Å². The first-order valence-corrected chi connectivity index (χ1v) is 5.13. The summed E-state index contributed by atoms with van der Waals surface area (Å²) >= 11 is 0. The lowest BCUT2D eigenvalue weighted by Crippen LogP contribution is -1.87. The molecule has 0 aliphatic carbocycles. The van der Waals surface area contributed by atoms with Gasteiger partial charge in [-0.05, 0) is 30.5 Å². The SMILES string of the molecule is C=C/C(=C\C)Cc1c[nH]c2ncc(F)cc12. The monoisotopic (exact) mass is 216 g/mol. The summed E-state index contributed by atoms with van der Waals surface area (Å²) in [6.45, 7) is 5.70. The van der Waals surface area contributed by atoms with Crippen LogP contribution in [0.3, 0.4) is 0 Å². The number of halogens is 1. The van der Waals surface area contributed by atoms with Crippen molar-refractivity contribution in [2.75, 3.05) is 0 Å². The third-order valence-electron chi connectivity index (χ3n) is 2.61. The molecule has 0 fully saturated rings. The molecule has 0 spiro atoms. The first-order chi connectivity index (χ1) is 7.74. The summed E-state index contributed by atoms with van der Waals surface area (Å²) in [5.74, 6) is -0.311. The number of fused-ring (bicyclic) bond motifs is 1. The molecule has 0 aliphatic rings. The van der Waals surface area contributed by atoms with Crippen LogP contribution in [0.25, 0.3) is 11.0 Å². The topological polar surface area (TPSA) is 28.7 Å². The maximum atomic E-state index is 13.1. The molecule has 2 rings (SSSR count). The van der Waals surface area contributed by atoms with E-state index in [2.05, 4.69) is 16.5 Å². The van der Waals surface area contributed by atoms with Crippen molar-refractivity contribution in [2.45, 2.75) is 13.3 Å². The zero-order chi connectivity index (χ0) is 11.5. The minimum absolute atomic E-state index is 0.311. The van der Waals surface area contributed by atoms with E-state index in [1.54, 1.807) is 0 Å². The molecule has 2 nitrogen and oxygen atoms in total. The number of nitrogens with one attached hydrogen (secondary N) is 1. The molecular formula is C13H13FN2. The summed E-state index contributed by atoms with van der Waals surface area (Å²) in [4.78, 5) is 7.01. The second-order valence-corrected chi connectivity index (χ2v) is 3.61. The van der Waals surface area contributed by atoms with E-state index in [9.17, 15) is 4.39 Å². The van der Waals surface area contributed by atoms with E-state index in [0.29, 0.717) is 0 Å². The Morgan fingerprint density at radius 3 is 3.12 bits per heavy atom. The molecule has 3 heteroatoms. The maximum absolute atomic E-state index is 13.1. The molecule has 0 radical (unpaired) electrons. The molecule has 16 heavy (non-hydrogen) atoms. The number of hydrogen-bond donors (Lipinski definition) is 1. The molecule has 0 atom stereocenters. The average molecular weight is 216 g/mol. The highest BCUT2D eigenvalue weighted by Gasteiger charge is 2.06. The molecule has 0 saturated heterocycles. The maximum Gasteiger partial charge on any atom is 0.142 e. The van der Waals surface area contributed by atoms with E-state index in [4.69, 9.17) is 0 Å². The molecule has 2 aromatic rings. The molecule has 0 saturated carbocycles. The Morgan fingerprint density at radius 2 is 2.44 bits per heavy atom. The van der Waals surface area contributed by atoms with Gasteiger partial charge in [0.15, 0.2) is 0 Å². The van der Waals surface area contributed by atoms with Crippen molar-refractivity contribution < 1.29 is 4.39 Å². The van der Waals surface area contributed by atoms with Crippen LogP contribution in [-0.4, -0.2) is 9.97 Å². The first kappa shape index (κ1) is 10.6.